The second kappa shape index (κ2) is 8.06. The van der Waals surface area contributed by atoms with Crippen LogP contribution < -0.4 is 4.90 Å². The molecule has 2 aliphatic rings. The summed E-state index contributed by atoms with van der Waals surface area (Å²) in [6.07, 6.45) is 13.4. The summed E-state index contributed by atoms with van der Waals surface area (Å²) in [4.78, 5) is 30.3. The molecule has 2 saturated heterocycles. The van der Waals surface area contributed by atoms with E-state index in [1.807, 2.05) is 16.8 Å². The maximum Gasteiger partial charge on any atom is 0.226 e. The number of anilines is 1. The lowest BCUT2D eigenvalue weighted by atomic mass is 9.92. The number of hydrogen-bond acceptors (Lipinski definition) is 5. The Kier molecular flexibility index (Phi) is 5.36. The van der Waals surface area contributed by atoms with Crippen LogP contribution in [0.3, 0.4) is 0 Å². The van der Waals surface area contributed by atoms with Gasteiger partial charge in [0.05, 0.1) is 0 Å². The highest BCUT2D eigenvalue weighted by molar-refractivity contribution is 5.79. The van der Waals surface area contributed by atoms with Gasteiger partial charge in [-0.2, -0.15) is 0 Å². The van der Waals surface area contributed by atoms with Crippen molar-refractivity contribution in [1.29, 1.82) is 0 Å². The molecule has 2 aromatic heterocycles. The number of imidazole rings is 1. The van der Waals surface area contributed by atoms with Gasteiger partial charge >= 0.3 is 0 Å². The highest BCUT2D eigenvalue weighted by Crippen LogP contribution is 2.27. The predicted octanol–water partition coefficient (Wildman–Crippen LogP) is 2.67. The molecule has 1 atom stereocenters. The summed E-state index contributed by atoms with van der Waals surface area (Å²) in [5, 5.41) is 0. The smallest absolute Gasteiger partial charge is 0.226 e. The van der Waals surface area contributed by atoms with Gasteiger partial charge in [-0.1, -0.05) is 6.92 Å². The van der Waals surface area contributed by atoms with E-state index in [1.54, 1.807) is 18.9 Å². The lowest BCUT2D eigenvalue weighted by Gasteiger charge is -2.40. The third-order valence-electron chi connectivity index (χ3n) is 5.96. The number of carbonyl (C=O) groups excluding carboxylic acids is 1. The maximum atomic E-state index is 13.0. The molecule has 144 valence electrons. The minimum absolute atomic E-state index is 0.156. The van der Waals surface area contributed by atoms with Crippen LogP contribution >= 0.6 is 0 Å². The van der Waals surface area contributed by atoms with Crippen LogP contribution in [-0.2, 0) is 4.79 Å². The molecule has 1 amide bonds. The van der Waals surface area contributed by atoms with Crippen LogP contribution in [0.1, 0.15) is 45.4 Å². The molecule has 4 heterocycles. The Balaban J connectivity index is 1.39. The van der Waals surface area contributed by atoms with Gasteiger partial charge in [0, 0.05) is 50.1 Å². The average Bonchev–Trinajstić information content (AvgIpc) is 3.28. The summed E-state index contributed by atoms with van der Waals surface area (Å²) < 4.78 is 1.88. The van der Waals surface area contributed by atoms with Crippen LogP contribution in [0.5, 0.6) is 0 Å². The molecule has 27 heavy (non-hydrogen) atoms. The van der Waals surface area contributed by atoms with E-state index in [9.17, 15) is 4.79 Å². The quantitative estimate of drug-likeness (QED) is 0.830. The highest BCUT2D eigenvalue weighted by atomic mass is 16.2. The van der Waals surface area contributed by atoms with E-state index in [1.165, 1.54) is 12.8 Å². The Bertz CT molecular complexity index is 754. The highest BCUT2D eigenvalue weighted by Gasteiger charge is 2.33. The number of nitrogens with zero attached hydrogens (tertiary/aromatic N) is 6. The van der Waals surface area contributed by atoms with E-state index in [0.717, 1.165) is 57.0 Å². The fraction of sp³-hybridized carbons (Fsp3) is 0.600. The molecule has 0 bridgehead atoms. The van der Waals surface area contributed by atoms with Crippen LogP contribution in [0.4, 0.5) is 5.82 Å². The van der Waals surface area contributed by atoms with Gasteiger partial charge in [-0.25, -0.2) is 15.0 Å². The molecule has 2 aliphatic heterocycles. The van der Waals surface area contributed by atoms with E-state index in [0.29, 0.717) is 11.9 Å². The Morgan fingerprint density at radius 2 is 1.93 bits per heavy atom. The van der Waals surface area contributed by atoms with Crippen molar-refractivity contribution < 1.29 is 4.79 Å². The van der Waals surface area contributed by atoms with Crippen LogP contribution in [-0.4, -0.2) is 56.0 Å². The minimum Gasteiger partial charge on any atom is -0.356 e. The van der Waals surface area contributed by atoms with Gasteiger partial charge in [-0.05, 0) is 38.5 Å². The first kappa shape index (κ1) is 17.9. The third-order valence-corrected chi connectivity index (χ3v) is 5.96. The molecule has 2 aromatic rings. The van der Waals surface area contributed by atoms with Crippen LogP contribution in [0.2, 0.25) is 0 Å². The van der Waals surface area contributed by atoms with Crippen molar-refractivity contribution in [2.75, 3.05) is 24.5 Å². The Hall–Kier alpha value is -2.44. The summed E-state index contributed by atoms with van der Waals surface area (Å²) in [5.41, 5.74) is 0. The van der Waals surface area contributed by atoms with Crippen molar-refractivity contribution in [1.82, 2.24) is 24.4 Å². The number of amides is 1. The molecule has 1 unspecified atom stereocenters. The van der Waals surface area contributed by atoms with Crippen molar-refractivity contribution in [3.8, 4) is 5.82 Å². The molecule has 0 aromatic carbocycles. The summed E-state index contributed by atoms with van der Waals surface area (Å²) in [6, 6.07) is 2.44. The second-order valence-electron chi connectivity index (χ2n) is 7.56. The Morgan fingerprint density at radius 1 is 1.11 bits per heavy atom. The molecule has 7 nitrogen and oxygen atoms in total. The standard InChI is InChI=1S/C20H28N6O/c1-2-17-5-3-4-9-26(17)20(27)16-6-10-24(11-7-16)18-13-19(23-14-22-18)25-12-8-21-15-25/h8,12-17H,2-7,9-11H2,1H3. The van der Waals surface area contributed by atoms with Gasteiger partial charge in [-0.3, -0.25) is 9.36 Å². The van der Waals surface area contributed by atoms with Crippen molar-refractivity contribution in [2.24, 2.45) is 5.92 Å². The van der Waals surface area contributed by atoms with E-state index >= 15 is 0 Å². The lowest BCUT2D eigenvalue weighted by Crippen LogP contribution is -2.48. The first-order valence-corrected chi connectivity index (χ1v) is 10.1. The molecule has 0 radical (unpaired) electrons. The number of hydrogen-bond donors (Lipinski definition) is 0. The molecule has 2 fully saturated rings. The normalized spacial score (nSPS) is 21.4. The number of carbonyl (C=O) groups is 1. The fourth-order valence-corrected chi connectivity index (χ4v) is 4.35. The van der Waals surface area contributed by atoms with Gasteiger partial charge in [0.2, 0.25) is 5.91 Å². The second-order valence-corrected chi connectivity index (χ2v) is 7.56. The zero-order chi connectivity index (χ0) is 18.6. The summed E-state index contributed by atoms with van der Waals surface area (Å²) in [5.74, 6) is 2.27. The summed E-state index contributed by atoms with van der Waals surface area (Å²) >= 11 is 0. The SMILES string of the molecule is CCC1CCCCN1C(=O)C1CCN(c2cc(-n3ccnc3)ncn2)CC1. The predicted molar refractivity (Wildman–Crippen MR) is 104 cm³/mol. The summed E-state index contributed by atoms with van der Waals surface area (Å²) in [7, 11) is 0. The first-order valence-electron chi connectivity index (χ1n) is 10.1. The summed E-state index contributed by atoms with van der Waals surface area (Å²) in [6.45, 7) is 4.87. The number of piperidine rings is 2. The molecule has 4 rings (SSSR count). The van der Waals surface area contributed by atoms with Crippen molar-refractivity contribution >= 4 is 11.7 Å². The number of rotatable bonds is 4. The van der Waals surface area contributed by atoms with Crippen LogP contribution in [0, 0.1) is 5.92 Å². The maximum absolute atomic E-state index is 13.0. The van der Waals surface area contributed by atoms with Crippen molar-refractivity contribution in [3.63, 3.8) is 0 Å². The molecule has 0 N–H and O–H groups in total. The van der Waals surface area contributed by atoms with Gasteiger partial charge in [0.25, 0.3) is 0 Å². The van der Waals surface area contributed by atoms with Gasteiger partial charge in [-0.15, -0.1) is 0 Å². The van der Waals surface area contributed by atoms with Crippen LogP contribution in [0.15, 0.2) is 31.1 Å². The minimum atomic E-state index is 0.156. The Labute approximate surface area is 160 Å². The van der Waals surface area contributed by atoms with Crippen molar-refractivity contribution in [2.45, 2.75) is 51.5 Å². The van der Waals surface area contributed by atoms with Crippen LogP contribution in [0.25, 0.3) is 5.82 Å². The zero-order valence-electron chi connectivity index (χ0n) is 16.0. The zero-order valence-corrected chi connectivity index (χ0v) is 16.0. The van der Waals surface area contributed by atoms with E-state index in [4.69, 9.17) is 0 Å². The molecule has 0 aliphatic carbocycles. The van der Waals surface area contributed by atoms with Gasteiger partial charge in [0.15, 0.2) is 0 Å². The largest absolute Gasteiger partial charge is 0.356 e. The monoisotopic (exact) mass is 368 g/mol. The van der Waals surface area contributed by atoms with E-state index in [2.05, 4.69) is 31.7 Å². The number of likely N-dealkylation sites (tertiary alicyclic amines) is 1. The van der Waals surface area contributed by atoms with Crippen molar-refractivity contribution in [3.05, 3.63) is 31.1 Å². The molecular formula is C20H28N6O. The molecular weight excluding hydrogens is 340 g/mol. The van der Waals surface area contributed by atoms with E-state index < -0.39 is 0 Å². The number of aromatic nitrogens is 4. The topological polar surface area (TPSA) is 67.2 Å². The van der Waals surface area contributed by atoms with Gasteiger partial charge in [0.1, 0.15) is 24.3 Å². The average molecular weight is 368 g/mol. The first-order chi connectivity index (χ1) is 13.3. The molecule has 0 saturated carbocycles. The third kappa shape index (κ3) is 3.82. The lowest BCUT2D eigenvalue weighted by molar-refractivity contribution is -0.140. The molecule has 0 spiro atoms. The van der Waals surface area contributed by atoms with E-state index in [-0.39, 0.29) is 5.92 Å². The fourth-order valence-electron chi connectivity index (χ4n) is 4.35. The molecule has 7 heteroatoms. The Morgan fingerprint density at radius 3 is 2.67 bits per heavy atom. The van der Waals surface area contributed by atoms with Gasteiger partial charge < -0.3 is 9.80 Å².